The lowest BCUT2D eigenvalue weighted by molar-refractivity contribution is -0.141. The summed E-state index contributed by atoms with van der Waals surface area (Å²) in [5.74, 6) is -0.0152. The van der Waals surface area contributed by atoms with Crippen LogP contribution in [-0.4, -0.2) is 30.1 Å². The van der Waals surface area contributed by atoms with Gasteiger partial charge in [-0.3, -0.25) is 10.1 Å². The Labute approximate surface area is 106 Å². The standard InChI is InChI=1S/C12H17N3O3/c1-3-9-5-6-13-10(7-9)15-12(17)14-8-11(16)18-4-2/h5-7H,3-4,8H2,1-2H3,(H2,13,14,15,17). The zero-order valence-electron chi connectivity index (χ0n) is 10.5. The highest BCUT2D eigenvalue weighted by Gasteiger charge is 2.06. The highest BCUT2D eigenvalue weighted by atomic mass is 16.5. The van der Waals surface area contributed by atoms with Crippen LogP contribution in [0.15, 0.2) is 18.3 Å². The van der Waals surface area contributed by atoms with Crippen molar-refractivity contribution < 1.29 is 14.3 Å². The van der Waals surface area contributed by atoms with Crippen LogP contribution in [0.5, 0.6) is 0 Å². The first-order chi connectivity index (χ1) is 8.65. The van der Waals surface area contributed by atoms with Crippen LogP contribution in [0.2, 0.25) is 0 Å². The number of pyridine rings is 1. The maximum atomic E-state index is 11.5. The number of carbonyl (C=O) groups is 2. The van der Waals surface area contributed by atoms with Crippen LogP contribution in [0.1, 0.15) is 19.4 Å². The number of hydrogen-bond acceptors (Lipinski definition) is 4. The SMILES string of the molecule is CCOC(=O)CNC(=O)Nc1cc(CC)ccn1. The second-order valence-corrected chi connectivity index (χ2v) is 3.52. The van der Waals surface area contributed by atoms with E-state index in [0.29, 0.717) is 12.4 Å². The van der Waals surface area contributed by atoms with Gasteiger partial charge >= 0.3 is 12.0 Å². The van der Waals surface area contributed by atoms with E-state index in [1.165, 1.54) is 0 Å². The molecule has 6 heteroatoms. The molecule has 0 atom stereocenters. The third-order valence-electron chi connectivity index (χ3n) is 2.17. The summed E-state index contributed by atoms with van der Waals surface area (Å²) in [5, 5.41) is 4.93. The fraction of sp³-hybridized carbons (Fsp3) is 0.417. The molecule has 0 aromatic carbocycles. The summed E-state index contributed by atoms with van der Waals surface area (Å²) in [6.07, 6.45) is 2.49. The summed E-state index contributed by atoms with van der Waals surface area (Å²) in [6, 6.07) is 3.18. The van der Waals surface area contributed by atoms with Crippen LogP contribution < -0.4 is 10.6 Å². The van der Waals surface area contributed by atoms with E-state index < -0.39 is 12.0 Å². The average molecular weight is 251 g/mol. The lowest BCUT2D eigenvalue weighted by Crippen LogP contribution is -2.34. The van der Waals surface area contributed by atoms with Gasteiger partial charge < -0.3 is 10.1 Å². The Bertz CT molecular complexity index is 421. The smallest absolute Gasteiger partial charge is 0.325 e. The van der Waals surface area contributed by atoms with Crippen molar-refractivity contribution >= 4 is 17.8 Å². The van der Waals surface area contributed by atoms with Gasteiger partial charge in [0.1, 0.15) is 12.4 Å². The Kier molecular flexibility index (Phi) is 5.63. The van der Waals surface area contributed by atoms with Crippen LogP contribution >= 0.6 is 0 Å². The second-order valence-electron chi connectivity index (χ2n) is 3.52. The molecule has 0 unspecified atom stereocenters. The Morgan fingerprint density at radius 1 is 1.39 bits per heavy atom. The highest BCUT2D eigenvalue weighted by Crippen LogP contribution is 2.06. The number of anilines is 1. The van der Waals surface area contributed by atoms with Gasteiger partial charge in [0.05, 0.1) is 6.61 Å². The molecule has 1 aromatic rings. The van der Waals surface area contributed by atoms with Crippen LogP contribution in [-0.2, 0) is 16.0 Å². The number of urea groups is 1. The van der Waals surface area contributed by atoms with E-state index in [0.717, 1.165) is 12.0 Å². The summed E-state index contributed by atoms with van der Waals surface area (Å²) >= 11 is 0. The zero-order valence-corrected chi connectivity index (χ0v) is 10.5. The van der Waals surface area contributed by atoms with Crippen molar-refractivity contribution in [3.8, 4) is 0 Å². The first kappa shape index (κ1) is 14.0. The van der Waals surface area contributed by atoms with Gasteiger partial charge in [0.15, 0.2) is 0 Å². The molecule has 1 heterocycles. The number of rotatable bonds is 5. The molecule has 1 aromatic heterocycles. The Balaban J connectivity index is 2.42. The van der Waals surface area contributed by atoms with Crippen molar-refractivity contribution in [2.75, 3.05) is 18.5 Å². The molecule has 0 aliphatic heterocycles. The minimum Gasteiger partial charge on any atom is -0.465 e. The maximum absolute atomic E-state index is 11.5. The number of nitrogens with zero attached hydrogens (tertiary/aromatic N) is 1. The summed E-state index contributed by atoms with van der Waals surface area (Å²) in [4.78, 5) is 26.5. The first-order valence-electron chi connectivity index (χ1n) is 5.81. The molecular weight excluding hydrogens is 234 g/mol. The summed E-state index contributed by atoms with van der Waals surface area (Å²) in [7, 11) is 0. The molecule has 6 nitrogen and oxygen atoms in total. The molecule has 0 radical (unpaired) electrons. The van der Waals surface area contributed by atoms with Gasteiger partial charge in [-0.05, 0) is 31.0 Å². The number of esters is 1. The van der Waals surface area contributed by atoms with Crippen molar-refractivity contribution in [1.29, 1.82) is 0 Å². The molecule has 0 aliphatic rings. The number of amides is 2. The Morgan fingerprint density at radius 2 is 2.17 bits per heavy atom. The predicted molar refractivity (Wildman–Crippen MR) is 67.3 cm³/mol. The third kappa shape index (κ3) is 4.82. The van der Waals surface area contributed by atoms with Gasteiger partial charge in [0.25, 0.3) is 0 Å². The number of carbonyl (C=O) groups excluding carboxylic acids is 2. The van der Waals surface area contributed by atoms with Gasteiger partial charge in [0, 0.05) is 6.20 Å². The predicted octanol–water partition coefficient (Wildman–Crippen LogP) is 1.33. The van der Waals surface area contributed by atoms with E-state index in [1.54, 1.807) is 19.2 Å². The molecular formula is C12H17N3O3. The first-order valence-corrected chi connectivity index (χ1v) is 5.81. The van der Waals surface area contributed by atoms with Crippen molar-refractivity contribution in [1.82, 2.24) is 10.3 Å². The summed E-state index contributed by atoms with van der Waals surface area (Å²) in [5.41, 5.74) is 1.07. The molecule has 0 saturated heterocycles. The molecule has 0 aliphatic carbocycles. The molecule has 0 saturated carbocycles. The zero-order chi connectivity index (χ0) is 13.4. The number of ether oxygens (including phenoxy) is 1. The average Bonchev–Trinajstić information content (AvgIpc) is 2.37. The van der Waals surface area contributed by atoms with Crippen LogP contribution in [0.4, 0.5) is 10.6 Å². The van der Waals surface area contributed by atoms with E-state index in [-0.39, 0.29) is 6.54 Å². The van der Waals surface area contributed by atoms with Gasteiger partial charge in [-0.15, -0.1) is 0 Å². The van der Waals surface area contributed by atoms with Crippen LogP contribution in [0, 0.1) is 0 Å². The number of nitrogens with one attached hydrogen (secondary N) is 2. The van der Waals surface area contributed by atoms with Gasteiger partial charge in [0.2, 0.25) is 0 Å². The molecule has 0 bridgehead atoms. The van der Waals surface area contributed by atoms with E-state index in [9.17, 15) is 9.59 Å². The summed E-state index contributed by atoms with van der Waals surface area (Å²) < 4.78 is 4.68. The third-order valence-corrected chi connectivity index (χ3v) is 2.17. The van der Waals surface area contributed by atoms with Gasteiger partial charge in [-0.2, -0.15) is 0 Å². The van der Waals surface area contributed by atoms with E-state index >= 15 is 0 Å². The minimum absolute atomic E-state index is 0.160. The number of aryl methyl sites for hydroxylation is 1. The molecule has 2 amide bonds. The number of aromatic nitrogens is 1. The van der Waals surface area contributed by atoms with Crippen molar-refractivity contribution in [2.45, 2.75) is 20.3 Å². The van der Waals surface area contributed by atoms with Crippen LogP contribution in [0.25, 0.3) is 0 Å². The lowest BCUT2D eigenvalue weighted by Gasteiger charge is -2.07. The Hall–Kier alpha value is -2.11. The fourth-order valence-electron chi connectivity index (χ4n) is 1.29. The van der Waals surface area contributed by atoms with Crippen LogP contribution in [0.3, 0.4) is 0 Å². The number of hydrogen-bond donors (Lipinski definition) is 2. The molecule has 1 rings (SSSR count). The maximum Gasteiger partial charge on any atom is 0.325 e. The molecule has 0 spiro atoms. The molecule has 98 valence electrons. The lowest BCUT2D eigenvalue weighted by atomic mass is 10.2. The second kappa shape index (κ2) is 7.26. The highest BCUT2D eigenvalue weighted by molar-refractivity contribution is 5.90. The van der Waals surface area contributed by atoms with Crippen molar-refractivity contribution in [3.63, 3.8) is 0 Å². The normalized spacial score (nSPS) is 9.67. The van der Waals surface area contributed by atoms with Crippen molar-refractivity contribution in [3.05, 3.63) is 23.9 Å². The molecule has 2 N–H and O–H groups in total. The quantitative estimate of drug-likeness (QED) is 0.774. The Morgan fingerprint density at radius 3 is 2.83 bits per heavy atom. The van der Waals surface area contributed by atoms with E-state index in [1.807, 2.05) is 13.0 Å². The van der Waals surface area contributed by atoms with Gasteiger partial charge in [-0.1, -0.05) is 6.92 Å². The van der Waals surface area contributed by atoms with E-state index in [2.05, 4.69) is 20.4 Å². The summed E-state index contributed by atoms with van der Waals surface area (Å²) in [6.45, 7) is 3.85. The monoisotopic (exact) mass is 251 g/mol. The molecule has 0 fully saturated rings. The van der Waals surface area contributed by atoms with Gasteiger partial charge in [-0.25, -0.2) is 9.78 Å². The minimum atomic E-state index is -0.483. The molecule has 18 heavy (non-hydrogen) atoms. The van der Waals surface area contributed by atoms with Crippen molar-refractivity contribution in [2.24, 2.45) is 0 Å². The largest absolute Gasteiger partial charge is 0.465 e. The van der Waals surface area contributed by atoms with E-state index in [4.69, 9.17) is 0 Å². The topological polar surface area (TPSA) is 80.3 Å². The fourth-order valence-corrected chi connectivity index (χ4v) is 1.29.